The number of rotatable bonds is 8. The SMILES string of the molecule is C=CCCCN(C)S(=O)(=O)c1cc(Cl)cc(CO)c1OC. The Hall–Kier alpha value is -1.08. The maximum absolute atomic E-state index is 12.6. The Kier molecular flexibility index (Phi) is 6.67. The van der Waals surface area contributed by atoms with E-state index >= 15 is 0 Å². The van der Waals surface area contributed by atoms with Gasteiger partial charge in [-0.1, -0.05) is 17.7 Å². The molecule has 0 aliphatic heterocycles. The minimum absolute atomic E-state index is 0.0392. The average molecular weight is 334 g/mol. The molecule has 0 radical (unpaired) electrons. The highest BCUT2D eigenvalue weighted by atomic mass is 35.5. The van der Waals surface area contributed by atoms with Crippen molar-refractivity contribution in [1.82, 2.24) is 4.31 Å². The van der Waals surface area contributed by atoms with E-state index in [1.54, 1.807) is 6.08 Å². The van der Waals surface area contributed by atoms with Crippen molar-refractivity contribution in [2.24, 2.45) is 0 Å². The molecule has 1 N–H and O–H groups in total. The van der Waals surface area contributed by atoms with Gasteiger partial charge in [0.1, 0.15) is 10.6 Å². The van der Waals surface area contributed by atoms with Gasteiger partial charge in [-0.15, -0.1) is 6.58 Å². The summed E-state index contributed by atoms with van der Waals surface area (Å²) in [6.07, 6.45) is 3.15. The van der Waals surface area contributed by atoms with E-state index < -0.39 is 10.0 Å². The van der Waals surface area contributed by atoms with Crippen molar-refractivity contribution in [3.8, 4) is 5.75 Å². The first-order chi connectivity index (χ1) is 9.88. The van der Waals surface area contributed by atoms with Crippen molar-refractivity contribution in [1.29, 1.82) is 0 Å². The summed E-state index contributed by atoms with van der Waals surface area (Å²) in [6.45, 7) is 3.61. The zero-order valence-electron chi connectivity index (χ0n) is 12.2. The molecule has 7 heteroatoms. The van der Waals surface area contributed by atoms with Gasteiger partial charge in [-0.25, -0.2) is 12.7 Å². The van der Waals surface area contributed by atoms with Crippen LogP contribution in [-0.4, -0.2) is 38.5 Å². The van der Waals surface area contributed by atoms with Crippen LogP contribution in [0.25, 0.3) is 0 Å². The van der Waals surface area contributed by atoms with Crippen LogP contribution in [0, 0.1) is 0 Å². The molecular weight excluding hydrogens is 314 g/mol. The van der Waals surface area contributed by atoms with Crippen molar-refractivity contribution in [3.63, 3.8) is 0 Å². The van der Waals surface area contributed by atoms with Gasteiger partial charge in [0.05, 0.1) is 13.7 Å². The first-order valence-electron chi connectivity index (χ1n) is 6.43. The smallest absolute Gasteiger partial charge is 0.246 e. The largest absolute Gasteiger partial charge is 0.495 e. The second-order valence-electron chi connectivity index (χ2n) is 4.51. The van der Waals surface area contributed by atoms with Crippen molar-refractivity contribution in [2.45, 2.75) is 24.3 Å². The zero-order valence-corrected chi connectivity index (χ0v) is 13.7. The Bertz CT molecular complexity index is 601. The molecule has 0 saturated carbocycles. The molecule has 1 rings (SSSR count). The van der Waals surface area contributed by atoms with Gasteiger partial charge in [0, 0.05) is 24.2 Å². The van der Waals surface area contributed by atoms with Crippen LogP contribution < -0.4 is 4.74 Å². The second kappa shape index (κ2) is 7.79. The van der Waals surface area contributed by atoms with Crippen LogP contribution in [0.2, 0.25) is 5.02 Å². The maximum atomic E-state index is 12.6. The predicted molar refractivity (Wildman–Crippen MR) is 83.2 cm³/mol. The van der Waals surface area contributed by atoms with E-state index in [4.69, 9.17) is 16.3 Å². The number of aliphatic hydroxyl groups excluding tert-OH is 1. The highest BCUT2D eigenvalue weighted by molar-refractivity contribution is 7.89. The van der Waals surface area contributed by atoms with Crippen LogP contribution in [0.4, 0.5) is 0 Å². The van der Waals surface area contributed by atoms with E-state index in [9.17, 15) is 13.5 Å². The normalized spacial score (nSPS) is 11.7. The first kappa shape index (κ1) is 18.0. The molecule has 5 nitrogen and oxygen atoms in total. The highest BCUT2D eigenvalue weighted by Crippen LogP contribution is 2.33. The van der Waals surface area contributed by atoms with Crippen LogP contribution in [0.5, 0.6) is 5.75 Å². The van der Waals surface area contributed by atoms with Crippen molar-refractivity contribution < 1.29 is 18.3 Å². The van der Waals surface area contributed by atoms with Crippen LogP contribution in [0.15, 0.2) is 29.7 Å². The molecule has 0 amide bonds. The third-order valence-corrected chi connectivity index (χ3v) is 5.12. The molecule has 1 aromatic carbocycles. The Balaban J connectivity index is 3.24. The highest BCUT2D eigenvalue weighted by Gasteiger charge is 2.26. The molecular formula is C14H20ClNO4S. The molecule has 0 unspecified atom stereocenters. The number of halogens is 1. The zero-order chi connectivity index (χ0) is 16.0. The van der Waals surface area contributed by atoms with Gasteiger partial charge >= 0.3 is 0 Å². The molecule has 0 atom stereocenters. The lowest BCUT2D eigenvalue weighted by Gasteiger charge is -2.20. The van der Waals surface area contributed by atoms with Gasteiger partial charge < -0.3 is 9.84 Å². The molecule has 0 saturated heterocycles. The summed E-state index contributed by atoms with van der Waals surface area (Å²) >= 11 is 5.93. The summed E-state index contributed by atoms with van der Waals surface area (Å²) in [5.41, 5.74) is 0.336. The Morgan fingerprint density at radius 1 is 1.48 bits per heavy atom. The number of hydrogen-bond acceptors (Lipinski definition) is 4. The lowest BCUT2D eigenvalue weighted by atomic mass is 10.2. The standard InChI is InChI=1S/C14H20ClNO4S/c1-4-5-6-7-16(2)21(18,19)13-9-12(15)8-11(10-17)14(13)20-3/h4,8-9,17H,1,5-7,10H2,2-3H3. The van der Waals surface area contributed by atoms with Crippen molar-refractivity contribution >= 4 is 21.6 Å². The van der Waals surface area contributed by atoms with Gasteiger partial charge in [0.25, 0.3) is 0 Å². The molecule has 0 aromatic heterocycles. The number of unbranched alkanes of at least 4 members (excludes halogenated alkanes) is 1. The second-order valence-corrected chi connectivity index (χ2v) is 6.96. The van der Waals surface area contributed by atoms with Crippen molar-refractivity contribution in [2.75, 3.05) is 20.7 Å². The Morgan fingerprint density at radius 3 is 2.67 bits per heavy atom. The fourth-order valence-electron chi connectivity index (χ4n) is 1.91. The summed E-state index contributed by atoms with van der Waals surface area (Å²) in [4.78, 5) is -0.0392. The maximum Gasteiger partial charge on any atom is 0.246 e. The van der Waals surface area contributed by atoms with Crippen LogP contribution in [0.3, 0.4) is 0 Å². The predicted octanol–water partition coefficient (Wildman–Crippen LogP) is 2.43. The summed E-state index contributed by atoms with van der Waals surface area (Å²) in [5, 5.41) is 9.55. The van der Waals surface area contributed by atoms with E-state index in [2.05, 4.69) is 6.58 Å². The number of sulfonamides is 1. The van der Waals surface area contributed by atoms with Gasteiger partial charge in [0.2, 0.25) is 10.0 Å². The molecule has 0 bridgehead atoms. The Labute approximate surface area is 130 Å². The number of benzene rings is 1. The fraction of sp³-hybridized carbons (Fsp3) is 0.429. The monoisotopic (exact) mass is 333 g/mol. The molecule has 0 spiro atoms. The number of aliphatic hydroxyl groups is 1. The minimum atomic E-state index is -3.74. The number of nitrogens with zero attached hydrogens (tertiary/aromatic N) is 1. The third-order valence-electron chi connectivity index (χ3n) is 3.04. The lowest BCUT2D eigenvalue weighted by molar-refractivity contribution is 0.272. The number of ether oxygens (including phenoxy) is 1. The topological polar surface area (TPSA) is 66.8 Å². The van der Waals surface area contributed by atoms with E-state index in [-0.39, 0.29) is 22.3 Å². The molecule has 0 fully saturated rings. The van der Waals surface area contributed by atoms with E-state index in [0.29, 0.717) is 18.5 Å². The molecule has 21 heavy (non-hydrogen) atoms. The van der Waals surface area contributed by atoms with E-state index in [0.717, 1.165) is 6.42 Å². The number of methoxy groups -OCH3 is 1. The van der Waals surface area contributed by atoms with Crippen LogP contribution in [0.1, 0.15) is 18.4 Å². The van der Waals surface area contributed by atoms with Gasteiger partial charge in [-0.2, -0.15) is 0 Å². The van der Waals surface area contributed by atoms with Crippen LogP contribution in [-0.2, 0) is 16.6 Å². The lowest BCUT2D eigenvalue weighted by Crippen LogP contribution is -2.28. The number of allylic oxidation sites excluding steroid dienone is 1. The van der Waals surface area contributed by atoms with Gasteiger partial charge in [-0.05, 0) is 25.0 Å². The summed E-state index contributed by atoms with van der Waals surface area (Å²) in [6, 6.07) is 2.82. The summed E-state index contributed by atoms with van der Waals surface area (Å²) in [7, 11) is -0.881. The molecule has 1 aromatic rings. The minimum Gasteiger partial charge on any atom is -0.495 e. The summed E-state index contributed by atoms with van der Waals surface area (Å²) < 4.78 is 31.6. The number of hydrogen-bond donors (Lipinski definition) is 1. The van der Waals surface area contributed by atoms with E-state index in [1.165, 1.54) is 30.6 Å². The molecule has 0 aliphatic carbocycles. The van der Waals surface area contributed by atoms with Crippen LogP contribution >= 0.6 is 11.6 Å². The summed E-state index contributed by atoms with van der Waals surface area (Å²) in [5.74, 6) is 0.123. The fourth-order valence-corrected chi connectivity index (χ4v) is 3.65. The average Bonchev–Trinajstić information content (AvgIpc) is 2.46. The molecule has 0 aliphatic rings. The van der Waals surface area contributed by atoms with Gasteiger partial charge in [-0.3, -0.25) is 0 Å². The molecule has 118 valence electrons. The third kappa shape index (κ3) is 4.20. The first-order valence-corrected chi connectivity index (χ1v) is 8.24. The van der Waals surface area contributed by atoms with Crippen molar-refractivity contribution in [3.05, 3.63) is 35.4 Å². The molecule has 0 heterocycles. The quantitative estimate of drug-likeness (QED) is 0.586. The van der Waals surface area contributed by atoms with E-state index in [1.807, 2.05) is 0 Å². The Morgan fingerprint density at radius 2 is 2.14 bits per heavy atom. The van der Waals surface area contributed by atoms with Gasteiger partial charge in [0.15, 0.2) is 0 Å².